The largest absolute Gasteiger partial charge is 0.388 e. The molecule has 26 heavy (non-hydrogen) atoms. The van der Waals surface area contributed by atoms with Crippen molar-refractivity contribution in [3.63, 3.8) is 0 Å². The molecule has 2 heterocycles. The van der Waals surface area contributed by atoms with Gasteiger partial charge in [-0.1, -0.05) is 30.3 Å². The molecule has 2 atom stereocenters. The molecule has 1 fully saturated rings. The molecule has 1 saturated heterocycles. The number of carbonyl (C=O) groups is 1. The molecule has 7 nitrogen and oxygen atoms in total. The van der Waals surface area contributed by atoms with Crippen molar-refractivity contribution in [2.24, 2.45) is 0 Å². The smallest absolute Gasteiger partial charge is 0.328 e. The van der Waals surface area contributed by atoms with Crippen molar-refractivity contribution in [1.82, 2.24) is 14.5 Å². The third kappa shape index (κ3) is 3.94. The molecule has 3 rings (SSSR count). The van der Waals surface area contributed by atoms with Crippen LogP contribution in [0.4, 0.5) is 0 Å². The minimum Gasteiger partial charge on any atom is -0.388 e. The van der Waals surface area contributed by atoms with E-state index in [2.05, 4.69) is 4.98 Å². The van der Waals surface area contributed by atoms with Gasteiger partial charge in [0, 0.05) is 31.8 Å². The number of nitrogens with zero attached hydrogens (tertiary/aromatic N) is 2. The molecule has 2 aromatic rings. The quantitative estimate of drug-likeness (QED) is 0.842. The van der Waals surface area contributed by atoms with Gasteiger partial charge in [0.1, 0.15) is 0 Å². The molecule has 0 aliphatic carbocycles. The predicted molar refractivity (Wildman–Crippen MR) is 96.9 cm³/mol. The van der Waals surface area contributed by atoms with E-state index in [0.29, 0.717) is 25.8 Å². The molecule has 2 N–H and O–H groups in total. The van der Waals surface area contributed by atoms with Gasteiger partial charge >= 0.3 is 5.69 Å². The highest BCUT2D eigenvalue weighted by Crippen LogP contribution is 2.31. The van der Waals surface area contributed by atoms with Crippen LogP contribution < -0.4 is 11.2 Å². The van der Waals surface area contributed by atoms with Gasteiger partial charge in [0.15, 0.2) is 0 Å². The molecule has 0 saturated carbocycles. The van der Waals surface area contributed by atoms with Crippen molar-refractivity contribution in [1.29, 1.82) is 0 Å². The standard InChI is InChI=1S/C19H23N3O4/c1-19(26)10-12-21(17(24)8-7-14-5-3-2-4-6-14)13-15(19)22-11-9-16(23)20-18(22)25/h2-6,9,11,15,26H,7-8,10,12-13H2,1H3,(H,20,23,25)/t15-,19-/m1/s1. The first-order chi connectivity index (χ1) is 12.4. The summed E-state index contributed by atoms with van der Waals surface area (Å²) in [5.41, 5.74) is -1.12. The van der Waals surface area contributed by atoms with Crippen LogP contribution in [0.2, 0.25) is 0 Å². The summed E-state index contributed by atoms with van der Waals surface area (Å²) < 4.78 is 1.30. The molecule has 0 bridgehead atoms. The van der Waals surface area contributed by atoms with Crippen molar-refractivity contribution in [2.45, 2.75) is 37.8 Å². The normalized spacial score (nSPS) is 23.0. The molecular weight excluding hydrogens is 334 g/mol. The Kier molecular flexibility index (Phi) is 5.08. The van der Waals surface area contributed by atoms with Crippen LogP contribution in [-0.4, -0.2) is 44.2 Å². The van der Waals surface area contributed by atoms with Crippen molar-refractivity contribution >= 4 is 5.91 Å². The van der Waals surface area contributed by atoms with Crippen LogP contribution in [0.25, 0.3) is 0 Å². The van der Waals surface area contributed by atoms with Crippen molar-refractivity contribution in [3.05, 3.63) is 69.0 Å². The number of hydrogen-bond donors (Lipinski definition) is 2. The van der Waals surface area contributed by atoms with Crippen molar-refractivity contribution in [2.75, 3.05) is 13.1 Å². The molecule has 0 radical (unpaired) electrons. The Morgan fingerprint density at radius 2 is 2.00 bits per heavy atom. The molecule has 7 heteroatoms. The molecule has 1 aromatic carbocycles. The first-order valence-electron chi connectivity index (χ1n) is 8.72. The van der Waals surface area contributed by atoms with Gasteiger partial charge < -0.3 is 10.0 Å². The molecular formula is C19H23N3O4. The monoisotopic (exact) mass is 357 g/mol. The maximum Gasteiger partial charge on any atom is 0.328 e. The van der Waals surface area contributed by atoms with Gasteiger partial charge in [-0.05, 0) is 25.3 Å². The Morgan fingerprint density at radius 1 is 1.27 bits per heavy atom. The Balaban J connectivity index is 1.73. The number of likely N-dealkylation sites (tertiary alicyclic amines) is 1. The number of H-pyrrole nitrogens is 1. The van der Waals surface area contributed by atoms with E-state index in [-0.39, 0.29) is 12.5 Å². The van der Waals surface area contributed by atoms with E-state index >= 15 is 0 Å². The van der Waals surface area contributed by atoms with Crippen LogP contribution in [-0.2, 0) is 11.2 Å². The average molecular weight is 357 g/mol. The lowest BCUT2D eigenvalue weighted by Gasteiger charge is -2.43. The third-order valence-corrected chi connectivity index (χ3v) is 5.01. The Hall–Kier alpha value is -2.67. The molecule has 0 spiro atoms. The van der Waals surface area contributed by atoms with Gasteiger partial charge in [-0.15, -0.1) is 0 Å². The lowest BCUT2D eigenvalue weighted by atomic mass is 9.88. The zero-order valence-corrected chi connectivity index (χ0v) is 14.7. The summed E-state index contributed by atoms with van der Waals surface area (Å²) in [5, 5.41) is 10.7. The average Bonchev–Trinajstić information content (AvgIpc) is 2.61. The van der Waals surface area contributed by atoms with Gasteiger partial charge in [0.25, 0.3) is 5.56 Å². The summed E-state index contributed by atoms with van der Waals surface area (Å²) in [6.45, 7) is 2.32. The second kappa shape index (κ2) is 7.29. The summed E-state index contributed by atoms with van der Waals surface area (Å²) >= 11 is 0. The summed E-state index contributed by atoms with van der Waals surface area (Å²) in [6, 6.07) is 10.4. The highest BCUT2D eigenvalue weighted by molar-refractivity contribution is 5.76. The van der Waals surface area contributed by atoms with E-state index in [1.807, 2.05) is 30.3 Å². The molecule has 138 valence electrons. The van der Waals surface area contributed by atoms with Crippen LogP contribution >= 0.6 is 0 Å². The molecule has 1 aromatic heterocycles. The zero-order valence-electron chi connectivity index (χ0n) is 14.7. The maximum absolute atomic E-state index is 12.6. The first-order valence-corrected chi connectivity index (χ1v) is 8.72. The Bertz CT molecular complexity index is 885. The molecule has 1 aliphatic heterocycles. The third-order valence-electron chi connectivity index (χ3n) is 5.01. The van der Waals surface area contributed by atoms with Crippen molar-refractivity contribution in [3.8, 4) is 0 Å². The van der Waals surface area contributed by atoms with Gasteiger partial charge in [-0.25, -0.2) is 4.79 Å². The van der Waals surface area contributed by atoms with E-state index in [0.717, 1.165) is 5.56 Å². The number of aryl methyl sites for hydroxylation is 1. The Labute approximate surface area is 150 Å². The topological polar surface area (TPSA) is 95.4 Å². The maximum atomic E-state index is 12.6. The number of aromatic nitrogens is 2. The number of hydrogen-bond acceptors (Lipinski definition) is 4. The predicted octanol–water partition coefficient (Wildman–Crippen LogP) is 0.694. The number of carbonyl (C=O) groups excluding carboxylic acids is 1. The van der Waals surface area contributed by atoms with Gasteiger partial charge in [-0.3, -0.25) is 19.1 Å². The highest BCUT2D eigenvalue weighted by atomic mass is 16.3. The first kappa shape index (κ1) is 18.1. The van der Waals surface area contributed by atoms with Crippen LogP contribution in [0.15, 0.2) is 52.2 Å². The van der Waals surface area contributed by atoms with Crippen LogP contribution in [0.1, 0.15) is 31.4 Å². The SMILES string of the molecule is C[C@@]1(O)CCN(C(=O)CCc2ccccc2)C[C@H]1n1ccc(=O)[nH]c1=O. The number of nitrogens with one attached hydrogen (secondary N) is 1. The van der Waals surface area contributed by atoms with E-state index in [1.54, 1.807) is 11.8 Å². The number of piperidine rings is 1. The van der Waals surface area contributed by atoms with E-state index in [1.165, 1.54) is 16.8 Å². The minimum atomic E-state index is -1.14. The zero-order chi connectivity index (χ0) is 18.7. The molecule has 1 aliphatic rings. The van der Waals surface area contributed by atoms with Gasteiger partial charge in [-0.2, -0.15) is 0 Å². The second-order valence-electron chi connectivity index (χ2n) is 6.97. The Morgan fingerprint density at radius 3 is 2.69 bits per heavy atom. The fraction of sp³-hybridized carbons (Fsp3) is 0.421. The summed E-state index contributed by atoms with van der Waals surface area (Å²) in [6.07, 6.45) is 2.76. The van der Waals surface area contributed by atoms with Gasteiger partial charge in [0.2, 0.25) is 5.91 Å². The molecule has 0 unspecified atom stereocenters. The van der Waals surface area contributed by atoms with E-state index in [9.17, 15) is 19.5 Å². The number of rotatable bonds is 4. The van der Waals surface area contributed by atoms with Crippen LogP contribution in [0.5, 0.6) is 0 Å². The number of aliphatic hydroxyl groups is 1. The molecule has 1 amide bonds. The highest BCUT2D eigenvalue weighted by Gasteiger charge is 2.40. The van der Waals surface area contributed by atoms with E-state index in [4.69, 9.17) is 0 Å². The summed E-state index contributed by atoms with van der Waals surface area (Å²) in [5.74, 6) is -0.00757. The lowest BCUT2D eigenvalue weighted by Crippen LogP contribution is -2.55. The minimum absolute atomic E-state index is 0.00757. The number of amides is 1. The number of benzene rings is 1. The van der Waals surface area contributed by atoms with Crippen LogP contribution in [0, 0.1) is 0 Å². The lowest BCUT2D eigenvalue weighted by molar-refractivity contribution is -0.138. The number of aromatic amines is 1. The van der Waals surface area contributed by atoms with Gasteiger partial charge in [0.05, 0.1) is 11.6 Å². The van der Waals surface area contributed by atoms with Crippen molar-refractivity contribution < 1.29 is 9.90 Å². The summed E-state index contributed by atoms with van der Waals surface area (Å²) in [7, 11) is 0. The fourth-order valence-electron chi connectivity index (χ4n) is 3.37. The fourth-order valence-corrected chi connectivity index (χ4v) is 3.37. The second-order valence-corrected chi connectivity index (χ2v) is 6.97. The summed E-state index contributed by atoms with van der Waals surface area (Å²) in [4.78, 5) is 39.9. The van der Waals surface area contributed by atoms with E-state index < -0.39 is 22.9 Å². The van der Waals surface area contributed by atoms with Crippen LogP contribution in [0.3, 0.4) is 0 Å².